The predicted molar refractivity (Wildman–Crippen MR) is 103 cm³/mol. The standard InChI is InChI=1S/C18H39O7P/c1-20-13-7-4-10-16-23-26(19,24-17-11-5-8-14-21-2)25-18-12-6-9-15-22-3/h4-18H2,1-3H3. The Labute approximate surface area is 159 Å². The van der Waals surface area contributed by atoms with Crippen molar-refractivity contribution in [3.63, 3.8) is 0 Å². The second-order valence-corrected chi connectivity index (χ2v) is 7.78. The maximum absolute atomic E-state index is 12.7. The van der Waals surface area contributed by atoms with Crippen LogP contribution in [-0.4, -0.2) is 61.0 Å². The summed E-state index contributed by atoms with van der Waals surface area (Å²) in [7, 11) is 1.58. The van der Waals surface area contributed by atoms with Gasteiger partial charge in [0, 0.05) is 41.2 Å². The molecule has 0 aliphatic rings. The highest BCUT2D eigenvalue weighted by atomic mass is 31.2. The third-order valence-corrected chi connectivity index (χ3v) is 5.22. The van der Waals surface area contributed by atoms with E-state index in [0.29, 0.717) is 19.8 Å². The lowest BCUT2D eigenvalue weighted by molar-refractivity contribution is 0.106. The van der Waals surface area contributed by atoms with Crippen molar-refractivity contribution in [2.45, 2.75) is 57.8 Å². The average molecular weight is 398 g/mol. The molecule has 8 heteroatoms. The zero-order valence-electron chi connectivity index (χ0n) is 16.9. The second-order valence-electron chi connectivity index (χ2n) is 6.11. The molecule has 0 rings (SSSR count). The van der Waals surface area contributed by atoms with Crippen LogP contribution in [0, 0.1) is 0 Å². The van der Waals surface area contributed by atoms with E-state index in [1.807, 2.05) is 0 Å². The van der Waals surface area contributed by atoms with Crippen LogP contribution in [0.4, 0.5) is 0 Å². The van der Waals surface area contributed by atoms with Gasteiger partial charge < -0.3 is 14.2 Å². The van der Waals surface area contributed by atoms with Gasteiger partial charge in [-0.05, 0) is 57.8 Å². The van der Waals surface area contributed by atoms with E-state index in [1.54, 1.807) is 21.3 Å². The molecule has 0 unspecified atom stereocenters. The largest absolute Gasteiger partial charge is 0.474 e. The summed E-state index contributed by atoms with van der Waals surface area (Å²) in [6.07, 6.45) is 8.19. The van der Waals surface area contributed by atoms with Gasteiger partial charge in [0.25, 0.3) is 0 Å². The summed E-state index contributed by atoms with van der Waals surface area (Å²) >= 11 is 0. The first-order valence-electron chi connectivity index (χ1n) is 9.69. The van der Waals surface area contributed by atoms with Crippen molar-refractivity contribution in [2.24, 2.45) is 0 Å². The molecular formula is C18H39O7P. The van der Waals surface area contributed by atoms with E-state index in [2.05, 4.69) is 0 Å². The van der Waals surface area contributed by atoms with Gasteiger partial charge in [-0.1, -0.05) is 0 Å². The number of hydrogen-bond donors (Lipinski definition) is 0. The fourth-order valence-electron chi connectivity index (χ4n) is 2.22. The Kier molecular flexibility index (Phi) is 19.7. The molecule has 0 aliphatic heterocycles. The van der Waals surface area contributed by atoms with Crippen LogP contribution < -0.4 is 0 Å². The van der Waals surface area contributed by atoms with E-state index >= 15 is 0 Å². The lowest BCUT2D eigenvalue weighted by Crippen LogP contribution is -2.05. The third kappa shape index (κ3) is 17.4. The van der Waals surface area contributed by atoms with Crippen molar-refractivity contribution in [1.82, 2.24) is 0 Å². The number of phosphoric ester groups is 1. The van der Waals surface area contributed by atoms with E-state index in [4.69, 9.17) is 27.8 Å². The first-order chi connectivity index (χ1) is 12.7. The third-order valence-electron chi connectivity index (χ3n) is 3.73. The molecule has 0 amide bonds. The van der Waals surface area contributed by atoms with E-state index < -0.39 is 7.82 Å². The lowest BCUT2D eigenvalue weighted by atomic mass is 10.2. The van der Waals surface area contributed by atoms with Crippen LogP contribution in [-0.2, 0) is 32.3 Å². The fourth-order valence-corrected chi connectivity index (χ4v) is 3.50. The summed E-state index contributed by atoms with van der Waals surface area (Å²) in [5.41, 5.74) is 0. The molecule has 0 radical (unpaired) electrons. The van der Waals surface area contributed by atoms with Crippen molar-refractivity contribution in [1.29, 1.82) is 0 Å². The maximum Gasteiger partial charge on any atom is 0.474 e. The average Bonchev–Trinajstić information content (AvgIpc) is 2.64. The molecule has 0 heterocycles. The molecule has 0 fully saturated rings. The molecule has 0 atom stereocenters. The monoisotopic (exact) mass is 398 g/mol. The molecule has 7 nitrogen and oxygen atoms in total. The van der Waals surface area contributed by atoms with Crippen molar-refractivity contribution >= 4 is 7.82 Å². The first-order valence-corrected chi connectivity index (χ1v) is 11.1. The minimum absolute atomic E-state index is 0.369. The number of phosphoric acid groups is 1. The normalized spacial score (nSPS) is 12.0. The molecule has 0 N–H and O–H groups in total. The molecule has 158 valence electrons. The van der Waals surface area contributed by atoms with Gasteiger partial charge in [0.1, 0.15) is 0 Å². The molecular weight excluding hydrogens is 359 g/mol. The van der Waals surface area contributed by atoms with Crippen LogP contribution in [0.15, 0.2) is 0 Å². The van der Waals surface area contributed by atoms with Crippen molar-refractivity contribution in [3.8, 4) is 0 Å². The van der Waals surface area contributed by atoms with Gasteiger partial charge in [0.05, 0.1) is 19.8 Å². The van der Waals surface area contributed by atoms with Crippen LogP contribution in [0.25, 0.3) is 0 Å². The highest BCUT2D eigenvalue weighted by Crippen LogP contribution is 2.49. The highest BCUT2D eigenvalue weighted by molar-refractivity contribution is 7.48. The van der Waals surface area contributed by atoms with Gasteiger partial charge in [-0.2, -0.15) is 0 Å². The molecule has 0 aromatic rings. The molecule has 0 saturated heterocycles. The zero-order chi connectivity index (χ0) is 19.3. The molecule has 0 aliphatic carbocycles. The summed E-state index contributed by atoms with van der Waals surface area (Å²) in [6, 6.07) is 0. The van der Waals surface area contributed by atoms with E-state index in [0.717, 1.165) is 77.6 Å². The van der Waals surface area contributed by atoms with Crippen molar-refractivity contribution in [2.75, 3.05) is 61.0 Å². The van der Waals surface area contributed by atoms with Gasteiger partial charge in [-0.15, -0.1) is 0 Å². The number of ether oxygens (including phenoxy) is 3. The topological polar surface area (TPSA) is 72.5 Å². The fraction of sp³-hybridized carbons (Fsp3) is 1.00. The predicted octanol–water partition coefficient (Wildman–Crippen LogP) is 4.59. The summed E-state index contributed by atoms with van der Waals surface area (Å²) < 4.78 is 44.2. The van der Waals surface area contributed by atoms with Gasteiger partial charge >= 0.3 is 7.82 Å². The molecule has 26 heavy (non-hydrogen) atoms. The van der Waals surface area contributed by atoms with Crippen LogP contribution >= 0.6 is 7.82 Å². The Morgan fingerprint density at radius 1 is 0.462 bits per heavy atom. The van der Waals surface area contributed by atoms with Crippen LogP contribution in [0.1, 0.15) is 57.8 Å². The number of methoxy groups -OCH3 is 3. The van der Waals surface area contributed by atoms with Crippen LogP contribution in [0.2, 0.25) is 0 Å². The Hall–Kier alpha value is -0.0100. The van der Waals surface area contributed by atoms with Crippen LogP contribution in [0.5, 0.6) is 0 Å². The second kappa shape index (κ2) is 19.7. The van der Waals surface area contributed by atoms with Crippen LogP contribution in [0.3, 0.4) is 0 Å². The highest BCUT2D eigenvalue weighted by Gasteiger charge is 2.26. The van der Waals surface area contributed by atoms with E-state index in [-0.39, 0.29) is 0 Å². The van der Waals surface area contributed by atoms with Gasteiger partial charge in [0.2, 0.25) is 0 Å². The number of unbranched alkanes of at least 4 members (excludes halogenated alkanes) is 6. The molecule has 0 aromatic carbocycles. The molecule has 0 saturated carbocycles. The maximum atomic E-state index is 12.7. The first kappa shape index (κ1) is 26.0. The Morgan fingerprint density at radius 2 is 0.731 bits per heavy atom. The number of hydrogen-bond acceptors (Lipinski definition) is 7. The minimum Gasteiger partial charge on any atom is -0.385 e. The summed E-state index contributed by atoms with van der Waals surface area (Å²) in [5.74, 6) is 0. The van der Waals surface area contributed by atoms with E-state index in [1.165, 1.54) is 0 Å². The number of rotatable bonds is 21. The quantitative estimate of drug-likeness (QED) is 0.207. The SMILES string of the molecule is COCCCCCOP(=O)(OCCCCCOC)OCCCCCOC. The van der Waals surface area contributed by atoms with E-state index in [9.17, 15) is 4.57 Å². The van der Waals surface area contributed by atoms with Gasteiger partial charge in [-0.3, -0.25) is 13.6 Å². The Balaban J connectivity index is 4.04. The summed E-state index contributed by atoms with van der Waals surface area (Å²) in [6.45, 7) is 3.30. The summed E-state index contributed by atoms with van der Waals surface area (Å²) in [5, 5.41) is 0. The smallest absolute Gasteiger partial charge is 0.385 e. The van der Waals surface area contributed by atoms with Crippen molar-refractivity contribution in [3.05, 3.63) is 0 Å². The Bertz CT molecular complexity index is 281. The van der Waals surface area contributed by atoms with Gasteiger partial charge in [0.15, 0.2) is 0 Å². The zero-order valence-corrected chi connectivity index (χ0v) is 17.8. The Morgan fingerprint density at radius 3 is 1.00 bits per heavy atom. The molecule has 0 bridgehead atoms. The molecule has 0 spiro atoms. The minimum atomic E-state index is -3.48. The molecule has 0 aromatic heterocycles. The summed E-state index contributed by atoms with van der Waals surface area (Å²) in [4.78, 5) is 0. The lowest BCUT2D eigenvalue weighted by Gasteiger charge is -2.18. The van der Waals surface area contributed by atoms with Gasteiger partial charge in [-0.25, -0.2) is 4.57 Å². The van der Waals surface area contributed by atoms with Crippen molar-refractivity contribution < 1.29 is 32.3 Å².